The van der Waals surface area contributed by atoms with Gasteiger partial charge in [-0.1, -0.05) is 6.07 Å². The second-order valence-electron chi connectivity index (χ2n) is 3.75. The lowest BCUT2D eigenvalue weighted by Gasteiger charge is -2.22. The van der Waals surface area contributed by atoms with Crippen molar-refractivity contribution in [3.05, 3.63) is 29.3 Å². The molecule has 0 saturated heterocycles. The van der Waals surface area contributed by atoms with Crippen molar-refractivity contribution in [1.29, 1.82) is 0 Å². The number of nitrogens with two attached hydrogens (primary N) is 1. The summed E-state index contributed by atoms with van der Waals surface area (Å²) in [6.07, 6.45) is 1.19. The van der Waals surface area contributed by atoms with Crippen LogP contribution in [0.2, 0.25) is 0 Å². The number of sulfone groups is 1. The van der Waals surface area contributed by atoms with Crippen LogP contribution in [0.5, 0.6) is 0 Å². The molecule has 0 unspecified atom stereocenters. The second-order valence-corrected chi connectivity index (χ2v) is 5.77. The van der Waals surface area contributed by atoms with Crippen LogP contribution in [-0.2, 0) is 21.2 Å². The summed E-state index contributed by atoms with van der Waals surface area (Å²) < 4.78 is 27.9. The van der Waals surface area contributed by atoms with Gasteiger partial charge in [-0.15, -0.1) is 0 Å². The zero-order valence-corrected chi connectivity index (χ0v) is 9.25. The number of hydrogen-bond donors (Lipinski definition) is 1. The number of hydrogen-bond acceptors (Lipinski definition) is 4. The Morgan fingerprint density at radius 3 is 2.87 bits per heavy atom. The van der Waals surface area contributed by atoms with E-state index in [2.05, 4.69) is 0 Å². The van der Waals surface area contributed by atoms with Crippen LogP contribution in [0.1, 0.15) is 17.2 Å². The van der Waals surface area contributed by atoms with E-state index in [0.29, 0.717) is 18.1 Å². The Morgan fingerprint density at radius 1 is 1.47 bits per heavy atom. The van der Waals surface area contributed by atoms with Crippen molar-refractivity contribution in [1.82, 2.24) is 0 Å². The topological polar surface area (TPSA) is 69.4 Å². The molecule has 0 fully saturated rings. The molecular formula is C10H13NO3S. The highest BCUT2D eigenvalue weighted by Crippen LogP contribution is 2.25. The predicted octanol–water partition coefficient (Wildman–Crippen LogP) is 0.620. The van der Waals surface area contributed by atoms with Gasteiger partial charge in [-0.2, -0.15) is 0 Å². The molecule has 0 aliphatic carbocycles. The van der Waals surface area contributed by atoms with E-state index in [0.717, 1.165) is 11.1 Å². The van der Waals surface area contributed by atoms with Crippen molar-refractivity contribution < 1.29 is 13.2 Å². The third-order valence-electron chi connectivity index (χ3n) is 2.50. The van der Waals surface area contributed by atoms with Gasteiger partial charge in [-0.3, -0.25) is 0 Å². The van der Waals surface area contributed by atoms with Crippen LogP contribution in [0, 0.1) is 0 Å². The van der Waals surface area contributed by atoms with Crippen molar-refractivity contribution >= 4 is 9.84 Å². The van der Waals surface area contributed by atoms with E-state index in [1.54, 1.807) is 18.2 Å². The quantitative estimate of drug-likeness (QED) is 0.763. The summed E-state index contributed by atoms with van der Waals surface area (Å²) in [5, 5.41) is 0. The molecule has 1 heterocycles. The summed E-state index contributed by atoms with van der Waals surface area (Å²) in [7, 11) is -3.15. The number of rotatable bonds is 1. The number of benzene rings is 1. The first-order valence-electron chi connectivity index (χ1n) is 4.64. The zero-order valence-electron chi connectivity index (χ0n) is 8.43. The number of ether oxygens (including phenoxy) is 1. The summed E-state index contributed by atoms with van der Waals surface area (Å²) >= 11 is 0. The predicted molar refractivity (Wildman–Crippen MR) is 56.1 cm³/mol. The lowest BCUT2D eigenvalue weighted by atomic mass is 10.00. The Bertz CT molecular complexity index is 481. The van der Waals surface area contributed by atoms with Gasteiger partial charge < -0.3 is 10.5 Å². The molecule has 1 aliphatic rings. The maximum Gasteiger partial charge on any atom is 0.175 e. The van der Waals surface area contributed by atoms with Gasteiger partial charge in [0.2, 0.25) is 0 Å². The van der Waals surface area contributed by atoms with Gasteiger partial charge in [0.25, 0.3) is 0 Å². The van der Waals surface area contributed by atoms with Crippen LogP contribution in [0.25, 0.3) is 0 Å². The average Bonchev–Trinajstić information content (AvgIpc) is 2.16. The lowest BCUT2D eigenvalue weighted by molar-refractivity contribution is 0.0922. The smallest absolute Gasteiger partial charge is 0.175 e. The molecule has 4 nitrogen and oxygen atoms in total. The maximum absolute atomic E-state index is 11.3. The first-order chi connectivity index (χ1) is 6.98. The standard InChI is InChI=1S/C10H13NO3S/c1-15(12,13)8-2-3-9-7(4-8)5-14-6-10(9)11/h2-4,10H,5-6,11H2,1H3/t10-/m0/s1. The van der Waals surface area contributed by atoms with Crippen LogP contribution < -0.4 is 5.73 Å². The molecule has 15 heavy (non-hydrogen) atoms. The normalized spacial score (nSPS) is 21.1. The second kappa shape index (κ2) is 3.59. The van der Waals surface area contributed by atoms with E-state index in [1.807, 2.05) is 0 Å². The molecule has 0 amide bonds. The molecular weight excluding hydrogens is 214 g/mol. The highest BCUT2D eigenvalue weighted by molar-refractivity contribution is 7.90. The first-order valence-corrected chi connectivity index (χ1v) is 6.54. The van der Waals surface area contributed by atoms with Gasteiger partial charge in [0.15, 0.2) is 9.84 Å². The van der Waals surface area contributed by atoms with Crippen molar-refractivity contribution in [3.63, 3.8) is 0 Å². The van der Waals surface area contributed by atoms with E-state index >= 15 is 0 Å². The molecule has 0 bridgehead atoms. The van der Waals surface area contributed by atoms with Gasteiger partial charge in [0.1, 0.15) is 0 Å². The van der Waals surface area contributed by atoms with Crippen LogP contribution in [0.3, 0.4) is 0 Å². The minimum absolute atomic E-state index is 0.151. The third-order valence-corrected chi connectivity index (χ3v) is 3.61. The molecule has 2 rings (SSSR count). The van der Waals surface area contributed by atoms with E-state index in [-0.39, 0.29) is 6.04 Å². The van der Waals surface area contributed by atoms with Crippen LogP contribution in [0.15, 0.2) is 23.1 Å². The molecule has 0 spiro atoms. The van der Waals surface area contributed by atoms with Crippen molar-refractivity contribution in [2.45, 2.75) is 17.5 Å². The van der Waals surface area contributed by atoms with Gasteiger partial charge in [-0.05, 0) is 23.3 Å². The Morgan fingerprint density at radius 2 is 2.20 bits per heavy atom. The van der Waals surface area contributed by atoms with Crippen molar-refractivity contribution in [2.75, 3.05) is 12.9 Å². The number of fused-ring (bicyclic) bond motifs is 1. The first kappa shape index (κ1) is 10.6. The molecule has 5 heteroatoms. The summed E-state index contributed by atoms with van der Waals surface area (Å²) in [5.41, 5.74) is 7.68. The average molecular weight is 227 g/mol. The lowest BCUT2D eigenvalue weighted by Crippen LogP contribution is -2.23. The molecule has 1 aromatic carbocycles. The fraction of sp³-hybridized carbons (Fsp3) is 0.400. The van der Waals surface area contributed by atoms with Gasteiger partial charge >= 0.3 is 0 Å². The van der Waals surface area contributed by atoms with Crippen molar-refractivity contribution in [2.24, 2.45) is 5.73 Å². The van der Waals surface area contributed by atoms with E-state index in [1.165, 1.54) is 6.26 Å². The van der Waals surface area contributed by atoms with Gasteiger partial charge in [0, 0.05) is 6.26 Å². The third kappa shape index (κ3) is 2.04. The van der Waals surface area contributed by atoms with Crippen LogP contribution in [0.4, 0.5) is 0 Å². The Labute approximate surface area is 89.0 Å². The van der Waals surface area contributed by atoms with Gasteiger partial charge in [0.05, 0.1) is 24.2 Å². The van der Waals surface area contributed by atoms with Crippen molar-refractivity contribution in [3.8, 4) is 0 Å². The summed E-state index contributed by atoms with van der Waals surface area (Å²) in [5.74, 6) is 0. The molecule has 0 saturated carbocycles. The highest BCUT2D eigenvalue weighted by Gasteiger charge is 2.19. The highest BCUT2D eigenvalue weighted by atomic mass is 32.2. The van der Waals surface area contributed by atoms with Gasteiger partial charge in [-0.25, -0.2) is 8.42 Å². The van der Waals surface area contributed by atoms with Crippen LogP contribution >= 0.6 is 0 Å². The molecule has 1 aliphatic heterocycles. The molecule has 0 radical (unpaired) electrons. The molecule has 1 aromatic rings. The molecule has 0 aromatic heterocycles. The minimum Gasteiger partial charge on any atom is -0.375 e. The molecule has 82 valence electrons. The van der Waals surface area contributed by atoms with E-state index in [4.69, 9.17) is 10.5 Å². The zero-order chi connectivity index (χ0) is 11.1. The Kier molecular flexibility index (Phi) is 2.54. The summed E-state index contributed by atoms with van der Waals surface area (Å²) in [6.45, 7) is 0.928. The fourth-order valence-corrected chi connectivity index (χ4v) is 2.36. The maximum atomic E-state index is 11.3. The van der Waals surface area contributed by atoms with E-state index < -0.39 is 9.84 Å². The monoisotopic (exact) mass is 227 g/mol. The van der Waals surface area contributed by atoms with E-state index in [9.17, 15) is 8.42 Å². The van der Waals surface area contributed by atoms with Crippen LogP contribution in [-0.4, -0.2) is 21.3 Å². The summed E-state index contributed by atoms with van der Waals surface area (Å²) in [6, 6.07) is 4.87. The Balaban J connectivity index is 2.51. The SMILES string of the molecule is CS(=O)(=O)c1ccc2c(c1)COC[C@@H]2N. The largest absolute Gasteiger partial charge is 0.375 e. The fourth-order valence-electron chi connectivity index (χ4n) is 1.69. The molecule has 1 atom stereocenters. The molecule has 2 N–H and O–H groups in total. The Hall–Kier alpha value is -0.910. The summed E-state index contributed by atoms with van der Waals surface area (Å²) in [4.78, 5) is 0.318. The minimum atomic E-state index is -3.15.